The number of rotatable bonds is 16. The van der Waals surface area contributed by atoms with Gasteiger partial charge < -0.3 is 38.5 Å². The Morgan fingerprint density at radius 3 is 1.22 bits per heavy atom. The third-order valence-electron chi connectivity index (χ3n) is 6.41. The van der Waals surface area contributed by atoms with Gasteiger partial charge in [0, 0.05) is 51.7 Å². The number of nitrogens with zero attached hydrogens (tertiary/aromatic N) is 4. The lowest BCUT2D eigenvalue weighted by atomic mass is 10.2. The van der Waals surface area contributed by atoms with Gasteiger partial charge in [0.1, 0.15) is 22.4 Å². The van der Waals surface area contributed by atoms with Crippen molar-refractivity contribution in [3.05, 3.63) is 0 Å². The highest BCUT2D eigenvalue weighted by Crippen LogP contribution is 2.16. The molecule has 0 aliphatic carbocycles. The molecule has 0 rings (SSSR count). The summed E-state index contributed by atoms with van der Waals surface area (Å²) in [5.74, 6) is -0.270. The van der Waals surface area contributed by atoms with Gasteiger partial charge in [0.25, 0.3) is 0 Å². The first kappa shape index (κ1) is 45.8. The first-order chi connectivity index (χ1) is 22.1. The molecule has 4 amide bonds. The van der Waals surface area contributed by atoms with Crippen LogP contribution in [0.15, 0.2) is 0 Å². The van der Waals surface area contributed by atoms with E-state index in [-0.39, 0.29) is 44.4 Å². The fourth-order valence-corrected chi connectivity index (χ4v) is 4.39. The number of hydrogen-bond acceptors (Lipinski definition) is 9. The number of ketones is 1. The first-order valence-electron chi connectivity index (χ1n) is 17.6. The Morgan fingerprint density at radius 2 is 0.837 bits per heavy atom. The molecule has 13 heteroatoms. The average Bonchev–Trinajstić information content (AvgIpc) is 2.87. The van der Waals surface area contributed by atoms with Gasteiger partial charge in [-0.15, -0.1) is 0 Å². The zero-order valence-electron chi connectivity index (χ0n) is 33.3. The molecule has 286 valence electrons. The van der Waals surface area contributed by atoms with Crippen molar-refractivity contribution < 1.29 is 42.9 Å². The lowest BCUT2D eigenvalue weighted by Gasteiger charge is -2.31. The summed E-state index contributed by atoms with van der Waals surface area (Å²) in [7, 11) is 0. The van der Waals surface area contributed by atoms with E-state index in [1.807, 2.05) is 41.5 Å². The van der Waals surface area contributed by atoms with Crippen LogP contribution in [0.25, 0.3) is 0 Å². The summed E-state index contributed by atoms with van der Waals surface area (Å²) in [6.45, 7) is 28.5. The van der Waals surface area contributed by atoms with Crippen LogP contribution in [0.2, 0.25) is 0 Å². The Morgan fingerprint density at radius 1 is 0.490 bits per heavy atom. The molecule has 0 aromatic rings. The van der Waals surface area contributed by atoms with Crippen LogP contribution in [0.1, 0.15) is 130 Å². The summed E-state index contributed by atoms with van der Waals surface area (Å²) in [6, 6.07) is -0.136. The Bertz CT molecular complexity index is 1070. The Labute approximate surface area is 296 Å². The second kappa shape index (κ2) is 19.8. The van der Waals surface area contributed by atoms with Gasteiger partial charge in [0.15, 0.2) is 5.78 Å². The summed E-state index contributed by atoms with van der Waals surface area (Å²) in [4.78, 5) is 71.1. The fourth-order valence-electron chi connectivity index (χ4n) is 4.39. The van der Waals surface area contributed by atoms with Crippen LogP contribution in [0.4, 0.5) is 19.2 Å². The highest BCUT2D eigenvalue weighted by atomic mass is 16.6. The van der Waals surface area contributed by atoms with Crippen LogP contribution in [-0.2, 0) is 23.7 Å². The molecule has 0 unspecified atom stereocenters. The molecular formula is C36H68N4O9. The van der Waals surface area contributed by atoms with E-state index in [4.69, 9.17) is 18.9 Å². The first-order valence-corrected chi connectivity index (χ1v) is 17.6. The van der Waals surface area contributed by atoms with Crippen molar-refractivity contribution in [3.63, 3.8) is 0 Å². The zero-order chi connectivity index (χ0) is 38.4. The maximum Gasteiger partial charge on any atom is 0.410 e. The van der Waals surface area contributed by atoms with Crippen molar-refractivity contribution >= 4 is 30.2 Å². The van der Waals surface area contributed by atoms with E-state index in [0.29, 0.717) is 32.5 Å². The maximum atomic E-state index is 13.3. The molecule has 0 saturated carbocycles. The quantitative estimate of drug-likeness (QED) is 0.150. The third-order valence-corrected chi connectivity index (χ3v) is 6.41. The summed E-state index contributed by atoms with van der Waals surface area (Å²) < 4.78 is 22.3. The van der Waals surface area contributed by atoms with Crippen molar-refractivity contribution in [2.75, 3.05) is 45.8 Å². The van der Waals surface area contributed by atoms with Crippen LogP contribution in [0.3, 0.4) is 0 Å². The number of Topliss-reactive ketones (excluding diaryl/α,β-unsaturated/α-hetero) is 1. The van der Waals surface area contributed by atoms with E-state index < -0.39 is 46.8 Å². The minimum Gasteiger partial charge on any atom is -0.444 e. The fraction of sp³-hybridized carbons (Fsp3) is 0.861. The summed E-state index contributed by atoms with van der Waals surface area (Å²) in [6.07, 6.45) is -0.531. The number of carbonyl (C=O) groups is 5. The monoisotopic (exact) mass is 700 g/mol. The van der Waals surface area contributed by atoms with Gasteiger partial charge in [0.2, 0.25) is 0 Å². The van der Waals surface area contributed by atoms with Crippen LogP contribution in [0.5, 0.6) is 0 Å². The highest BCUT2D eigenvalue weighted by Gasteiger charge is 2.28. The van der Waals surface area contributed by atoms with Crippen molar-refractivity contribution in [1.29, 1.82) is 0 Å². The molecule has 0 aliphatic rings. The SMILES string of the molecule is CCCN(CCCN(CCC(=O)CN(CCCN(C(=O)OC(C)(C)C)C(C)C)C(=O)OC(C)(C)C)C(=O)OC(C)(C)C)C(=O)OC(C)(C)C. The molecule has 0 aliphatic heterocycles. The summed E-state index contributed by atoms with van der Waals surface area (Å²) in [5, 5.41) is 0. The Balaban J connectivity index is 5.70. The highest BCUT2D eigenvalue weighted by molar-refractivity contribution is 5.84. The molecule has 49 heavy (non-hydrogen) atoms. The average molecular weight is 701 g/mol. The van der Waals surface area contributed by atoms with Gasteiger partial charge in [0.05, 0.1) is 6.54 Å². The lowest BCUT2D eigenvalue weighted by Crippen LogP contribution is -2.44. The molecule has 0 N–H and O–H groups in total. The molecule has 0 fully saturated rings. The van der Waals surface area contributed by atoms with Gasteiger partial charge in [-0.25, -0.2) is 19.2 Å². The Kier molecular flexibility index (Phi) is 18.5. The molecule has 0 aromatic carbocycles. The van der Waals surface area contributed by atoms with E-state index in [2.05, 4.69) is 0 Å². The van der Waals surface area contributed by atoms with Gasteiger partial charge in [-0.3, -0.25) is 4.79 Å². The van der Waals surface area contributed by atoms with Crippen molar-refractivity contribution in [3.8, 4) is 0 Å². The molecule has 0 saturated heterocycles. The predicted molar refractivity (Wildman–Crippen MR) is 191 cm³/mol. The summed E-state index contributed by atoms with van der Waals surface area (Å²) >= 11 is 0. The minimum atomic E-state index is -0.780. The van der Waals surface area contributed by atoms with Gasteiger partial charge in [-0.05, 0) is 116 Å². The molecule has 13 nitrogen and oxygen atoms in total. The van der Waals surface area contributed by atoms with Gasteiger partial charge in [-0.1, -0.05) is 6.92 Å². The van der Waals surface area contributed by atoms with Gasteiger partial charge in [-0.2, -0.15) is 0 Å². The Hall–Kier alpha value is -3.25. The van der Waals surface area contributed by atoms with Crippen LogP contribution in [-0.4, -0.2) is 124 Å². The number of ether oxygens (including phenoxy) is 4. The van der Waals surface area contributed by atoms with E-state index in [9.17, 15) is 24.0 Å². The van der Waals surface area contributed by atoms with Crippen LogP contribution >= 0.6 is 0 Å². The van der Waals surface area contributed by atoms with Crippen molar-refractivity contribution in [1.82, 2.24) is 19.6 Å². The topological polar surface area (TPSA) is 135 Å². The van der Waals surface area contributed by atoms with Gasteiger partial charge >= 0.3 is 24.4 Å². The largest absolute Gasteiger partial charge is 0.444 e. The smallest absolute Gasteiger partial charge is 0.410 e. The molecule has 0 bridgehead atoms. The molecule has 0 atom stereocenters. The second-order valence-corrected chi connectivity index (χ2v) is 16.6. The summed E-state index contributed by atoms with van der Waals surface area (Å²) in [5.41, 5.74) is -2.82. The van der Waals surface area contributed by atoms with Crippen molar-refractivity contribution in [2.45, 2.75) is 158 Å². The zero-order valence-corrected chi connectivity index (χ0v) is 33.3. The molecule has 0 heterocycles. The van der Waals surface area contributed by atoms with Crippen LogP contribution < -0.4 is 0 Å². The van der Waals surface area contributed by atoms with E-state index in [1.54, 1.807) is 72.1 Å². The van der Waals surface area contributed by atoms with E-state index in [1.165, 1.54) is 9.80 Å². The van der Waals surface area contributed by atoms with E-state index in [0.717, 1.165) is 6.42 Å². The molecule has 0 spiro atoms. The standard InChI is InChI=1S/C36H68N4O9/c1-16-20-37(29(42)46-33(4,5)6)21-17-22-38(30(43)47-34(7,8)9)25-19-28(41)26-39(31(44)48-35(10,11)12)23-18-24-40(27(2)3)32(45)49-36(13,14)15/h27H,16-26H2,1-15H3. The number of amides is 4. The molecule has 0 radical (unpaired) electrons. The number of hydrogen-bond donors (Lipinski definition) is 0. The maximum absolute atomic E-state index is 13.3. The molecular weight excluding hydrogens is 632 g/mol. The van der Waals surface area contributed by atoms with Crippen LogP contribution in [0, 0.1) is 0 Å². The minimum absolute atomic E-state index is 0.0285. The van der Waals surface area contributed by atoms with Crippen molar-refractivity contribution in [2.24, 2.45) is 0 Å². The predicted octanol–water partition coefficient (Wildman–Crippen LogP) is 7.49. The normalized spacial score (nSPS) is 12.2. The second-order valence-electron chi connectivity index (χ2n) is 16.6. The molecule has 0 aromatic heterocycles. The van der Waals surface area contributed by atoms with E-state index >= 15 is 0 Å². The number of carbonyl (C=O) groups excluding carboxylic acids is 5. The third kappa shape index (κ3) is 22.2. The lowest BCUT2D eigenvalue weighted by molar-refractivity contribution is -0.120.